The molecule has 0 spiro atoms. The Morgan fingerprint density at radius 1 is 0.971 bits per heavy atom. The first-order valence-electron chi connectivity index (χ1n) is 10.6. The Bertz CT molecular complexity index is 1580. The largest absolute Gasteiger partial charge is 0.497 e. The van der Waals surface area contributed by atoms with E-state index < -0.39 is 0 Å². The number of hydrogen-bond donors (Lipinski definition) is 1. The highest BCUT2D eigenvalue weighted by molar-refractivity contribution is 6.05. The van der Waals surface area contributed by atoms with Crippen LogP contribution in [0.25, 0.3) is 34.0 Å². The van der Waals surface area contributed by atoms with E-state index in [4.69, 9.17) is 14.7 Å². The van der Waals surface area contributed by atoms with Crippen LogP contribution < -0.4 is 10.1 Å². The van der Waals surface area contributed by atoms with Crippen LogP contribution in [0.4, 0.5) is 5.82 Å². The number of para-hydroxylation sites is 2. The normalized spacial score (nSPS) is 11.1. The number of ether oxygens (including phenoxy) is 1. The number of nitrogens with one attached hydrogen (secondary N) is 1. The molecule has 5 aromatic rings. The van der Waals surface area contributed by atoms with Crippen molar-refractivity contribution in [2.45, 2.75) is 0 Å². The van der Waals surface area contributed by atoms with Crippen molar-refractivity contribution in [3.8, 4) is 17.5 Å². The lowest BCUT2D eigenvalue weighted by molar-refractivity contribution is -0.111. The molecule has 0 radical (unpaired) electrons. The number of rotatable bonds is 5. The van der Waals surface area contributed by atoms with E-state index in [1.807, 2.05) is 78.9 Å². The summed E-state index contributed by atoms with van der Waals surface area (Å²) in [6, 6.07) is 26.5. The quantitative estimate of drug-likeness (QED) is 0.380. The van der Waals surface area contributed by atoms with Crippen molar-refractivity contribution in [2.75, 3.05) is 12.4 Å². The van der Waals surface area contributed by atoms with E-state index in [-0.39, 0.29) is 11.5 Å². The SMILES string of the molecule is COc1ccc(-n2c(NC(=O)/C=C/c3ccccc3)c(C#N)c3nc4ccccc4nc32)cc1. The number of carbonyl (C=O) groups excluding carboxylic acids is 1. The number of hydrogen-bond acceptors (Lipinski definition) is 5. The summed E-state index contributed by atoms with van der Waals surface area (Å²) in [5, 5.41) is 12.9. The third kappa shape index (κ3) is 3.85. The maximum Gasteiger partial charge on any atom is 0.249 e. The number of anilines is 1. The summed E-state index contributed by atoms with van der Waals surface area (Å²) in [5.41, 5.74) is 4.09. The summed E-state index contributed by atoms with van der Waals surface area (Å²) in [7, 11) is 1.59. The van der Waals surface area contributed by atoms with Gasteiger partial charge in [-0.25, -0.2) is 9.97 Å². The van der Waals surface area contributed by atoms with Gasteiger partial charge in [0.05, 0.1) is 18.1 Å². The average molecular weight is 445 g/mol. The number of carbonyl (C=O) groups is 1. The molecule has 1 amide bonds. The molecule has 0 fully saturated rings. The van der Waals surface area contributed by atoms with Gasteiger partial charge in [0, 0.05) is 11.8 Å². The average Bonchev–Trinajstić information content (AvgIpc) is 3.18. The van der Waals surface area contributed by atoms with Crippen LogP contribution in [0.2, 0.25) is 0 Å². The van der Waals surface area contributed by atoms with Gasteiger partial charge in [0.25, 0.3) is 0 Å². The van der Waals surface area contributed by atoms with E-state index >= 15 is 0 Å². The van der Waals surface area contributed by atoms with E-state index in [2.05, 4.69) is 11.4 Å². The van der Waals surface area contributed by atoms with Crippen LogP contribution >= 0.6 is 0 Å². The third-order valence-electron chi connectivity index (χ3n) is 5.37. The van der Waals surface area contributed by atoms with Gasteiger partial charge in [0.15, 0.2) is 5.65 Å². The third-order valence-corrected chi connectivity index (χ3v) is 5.37. The van der Waals surface area contributed by atoms with E-state index in [1.54, 1.807) is 17.8 Å². The molecule has 7 heteroatoms. The Balaban J connectivity index is 1.68. The fourth-order valence-corrected chi connectivity index (χ4v) is 3.75. The molecular formula is C27H19N5O2. The van der Waals surface area contributed by atoms with Gasteiger partial charge in [-0.3, -0.25) is 9.36 Å². The number of nitriles is 1. The molecule has 0 saturated carbocycles. The zero-order chi connectivity index (χ0) is 23.5. The Hall–Kier alpha value is -4.96. The first-order chi connectivity index (χ1) is 16.7. The first-order valence-corrected chi connectivity index (χ1v) is 10.6. The number of aromatic nitrogens is 3. The van der Waals surface area contributed by atoms with Crippen molar-refractivity contribution in [1.29, 1.82) is 5.26 Å². The molecule has 0 bridgehead atoms. The maximum atomic E-state index is 12.9. The molecule has 34 heavy (non-hydrogen) atoms. The highest BCUT2D eigenvalue weighted by Gasteiger charge is 2.23. The molecule has 0 saturated heterocycles. The number of amides is 1. The van der Waals surface area contributed by atoms with Gasteiger partial charge >= 0.3 is 0 Å². The Kier molecular flexibility index (Phi) is 5.46. The van der Waals surface area contributed by atoms with Crippen molar-refractivity contribution in [2.24, 2.45) is 0 Å². The molecule has 2 aromatic heterocycles. The molecule has 0 aliphatic heterocycles. The highest BCUT2D eigenvalue weighted by Crippen LogP contribution is 2.33. The Morgan fingerprint density at radius 3 is 2.32 bits per heavy atom. The smallest absolute Gasteiger partial charge is 0.249 e. The van der Waals surface area contributed by atoms with Crippen LogP contribution in [0.15, 0.2) is 84.9 Å². The lowest BCUT2D eigenvalue weighted by atomic mass is 10.2. The van der Waals surface area contributed by atoms with Crippen molar-refractivity contribution in [3.63, 3.8) is 0 Å². The second-order valence-electron chi connectivity index (χ2n) is 7.49. The van der Waals surface area contributed by atoms with Crippen LogP contribution in [-0.4, -0.2) is 27.6 Å². The van der Waals surface area contributed by atoms with Crippen LogP contribution in [0, 0.1) is 11.3 Å². The van der Waals surface area contributed by atoms with Gasteiger partial charge < -0.3 is 10.1 Å². The summed E-state index contributed by atoms with van der Waals surface area (Å²) in [5.74, 6) is 0.622. The van der Waals surface area contributed by atoms with Crippen molar-refractivity contribution >= 4 is 40.0 Å². The van der Waals surface area contributed by atoms with Crippen molar-refractivity contribution in [1.82, 2.24) is 14.5 Å². The summed E-state index contributed by atoms with van der Waals surface area (Å²) >= 11 is 0. The predicted octanol–water partition coefficient (Wildman–Crippen LogP) is 5.11. The van der Waals surface area contributed by atoms with Gasteiger partial charge in [-0.15, -0.1) is 0 Å². The topological polar surface area (TPSA) is 92.8 Å². The number of methoxy groups -OCH3 is 1. The molecule has 3 aromatic carbocycles. The summed E-state index contributed by atoms with van der Waals surface area (Å²) in [4.78, 5) is 22.3. The molecule has 5 rings (SSSR count). The fraction of sp³-hybridized carbons (Fsp3) is 0.0370. The molecule has 0 aliphatic carbocycles. The van der Waals surface area contributed by atoms with E-state index in [1.165, 1.54) is 6.08 Å². The molecule has 0 atom stereocenters. The molecule has 7 nitrogen and oxygen atoms in total. The predicted molar refractivity (Wildman–Crippen MR) is 132 cm³/mol. The van der Waals surface area contributed by atoms with Crippen LogP contribution in [0.5, 0.6) is 5.75 Å². The monoisotopic (exact) mass is 445 g/mol. The number of fused-ring (bicyclic) bond motifs is 2. The van der Waals surface area contributed by atoms with Crippen molar-refractivity contribution < 1.29 is 9.53 Å². The second-order valence-corrected chi connectivity index (χ2v) is 7.49. The summed E-state index contributed by atoms with van der Waals surface area (Å²) in [6.45, 7) is 0. The maximum absolute atomic E-state index is 12.9. The summed E-state index contributed by atoms with van der Waals surface area (Å²) in [6.07, 6.45) is 3.15. The Labute approximate surface area is 195 Å². The first kappa shape index (κ1) is 20.9. The molecule has 0 unspecified atom stereocenters. The lowest BCUT2D eigenvalue weighted by Crippen LogP contribution is -2.13. The minimum Gasteiger partial charge on any atom is -0.497 e. The molecule has 0 aliphatic rings. The van der Waals surface area contributed by atoms with Gasteiger partial charge in [-0.1, -0.05) is 42.5 Å². The molecular weight excluding hydrogens is 426 g/mol. The van der Waals surface area contributed by atoms with Crippen LogP contribution in [0.1, 0.15) is 11.1 Å². The Morgan fingerprint density at radius 2 is 1.65 bits per heavy atom. The lowest BCUT2D eigenvalue weighted by Gasteiger charge is -2.11. The van der Waals surface area contributed by atoms with Crippen molar-refractivity contribution in [3.05, 3.63) is 96.1 Å². The minimum atomic E-state index is -0.373. The standard InChI is InChI=1S/C27H19N5O2/c1-34-20-14-12-19(13-15-20)32-26(31-24(33)16-11-18-7-3-2-4-8-18)21(17-28)25-27(32)30-23-10-6-5-9-22(23)29-25/h2-16H,1H3,(H,31,33)/b16-11+. The zero-order valence-corrected chi connectivity index (χ0v) is 18.3. The van der Waals surface area contributed by atoms with Gasteiger partial charge in [0.1, 0.15) is 28.7 Å². The van der Waals surface area contributed by atoms with E-state index in [0.29, 0.717) is 39.5 Å². The van der Waals surface area contributed by atoms with E-state index in [0.717, 1.165) is 5.56 Å². The zero-order valence-electron chi connectivity index (χ0n) is 18.3. The fourth-order valence-electron chi connectivity index (χ4n) is 3.75. The van der Waals surface area contributed by atoms with Gasteiger partial charge in [-0.2, -0.15) is 5.26 Å². The molecule has 1 N–H and O–H groups in total. The van der Waals surface area contributed by atoms with Crippen LogP contribution in [0.3, 0.4) is 0 Å². The summed E-state index contributed by atoms with van der Waals surface area (Å²) < 4.78 is 7.01. The minimum absolute atomic E-state index is 0.241. The van der Waals surface area contributed by atoms with Crippen LogP contribution in [-0.2, 0) is 4.79 Å². The number of nitrogens with zero attached hydrogens (tertiary/aromatic N) is 4. The van der Waals surface area contributed by atoms with E-state index in [9.17, 15) is 10.1 Å². The van der Waals surface area contributed by atoms with Gasteiger partial charge in [0.2, 0.25) is 5.91 Å². The molecule has 2 heterocycles. The molecule has 164 valence electrons. The van der Waals surface area contributed by atoms with Gasteiger partial charge in [-0.05, 0) is 48.0 Å². The highest BCUT2D eigenvalue weighted by atomic mass is 16.5. The number of benzene rings is 3. The second kappa shape index (κ2) is 8.88.